The van der Waals surface area contributed by atoms with Crippen molar-refractivity contribution in [2.75, 3.05) is 0 Å². The van der Waals surface area contributed by atoms with E-state index in [9.17, 15) is 0 Å². The van der Waals surface area contributed by atoms with Gasteiger partial charge in [-0.2, -0.15) is 0 Å². The van der Waals surface area contributed by atoms with Crippen LogP contribution in [0, 0.1) is 0 Å². The highest BCUT2D eigenvalue weighted by molar-refractivity contribution is 6.44. The highest BCUT2D eigenvalue weighted by atomic mass is 14.7. The van der Waals surface area contributed by atoms with Crippen molar-refractivity contribution in [2.24, 2.45) is 15.0 Å². The third-order valence-electron chi connectivity index (χ3n) is 12.5. The van der Waals surface area contributed by atoms with Gasteiger partial charge in [-0.15, -0.1) is 0 Å². The van der Waals surface area contributed by atoms with E-state index in [1.54, 1.807) is 0 Å². The van der Waals surface area contributed by atoms with Crippen LogP contribution in [0.5, 0.6) is 0 Å². The van der Waals surface area contributed by atoms with Gasteiger partial charge in [0.1, 0.15) is 0 Å². The van der Waals surface area contributed by atoms with E-state index >= 15 is 0 Å². The smallest absolute Gasteiger partial charge is 0.0807 e. The molecule has 13 aromatic carbocycles. The van der Waals surface area contributed by atoms with Crippen LogP contribution in [0.15, 0.2) is 215 Å². The predicted octanol–water partition coefficient (Wildman–Crippen LogP) is 14.1. The zero-order valence-corrected chi connectivity index (χ0v) is 32.4. The Bertz CT molecular complexity index is 4070. The van der Waals surface area contributed by atoms with Gasteiger partial charge in [-0.25, -0.2) is 15.0 Å². The molecule has 60 heavy (non-hydrogen) atoms. The molecule has 13 rings (SSSR count). The van der Waals surface area contributed by atoms with Gasteiger partial charge in [-0.1, -0.05) is 140 Å². The molecule has 3 nitrogen and oxygen atoms in total. The van der Waals surface area contributed by atoms with Crippen molar-refractivity contribution in [1.29, 1.82) is 0 Å². The first kappa shape index (κ1) is 33.0. The zero-order valence-electron chi connectivity index (χ0n) is 32.4. The van der Waals surface area contributed by atoms with Gasteiger partial charge >= 0.3 is 0 Å². The quantitative estimate of drug-likeness (QED) is 0.172. The molecule has 0 radical (unpaired) electrons. The van der Waals surface area contributed by atoms with Crippen LogP contribution < -0.4 is 16.1 Å². The number of fused-ring (bicyclic) bond motifs is 16. The fourth-order valence-electron chi connectivity index (χ4n) is 9.92. The lowest BCUT2D eigenvalue weighted by molar-refractivity contribution is 1.41. The fourth-order valence-corrected chi connectivity index (χ4v) is 9.92. The predicted molar refractivity (Wildman–Crippen MR) is 253 cm³/mol. The molecule has 0 N–H and O–H groups in total. The second kappa shape index (κ2) is 12.7. The SMILES string of the molecule is c1ccc(N=c2c3cc4ccccc4cc3c3c2c2c4cc5ccccc5cc4c(=Nc4ccccc4)c2c2c4ccc5ccccc5c4c(=Nc4ccccc4)c32)cc1. The Kier molecular flexibility index (Phi) is 7.01. The Morgan fingerprint density at radius 1 is 0.200 bits per heavy atom. The van der Waals surface area contributed by atoms with E-state index in [2.05, 4.69) is 200 Å². The Morgan fingerprint density at radius 3 is 1.02 bits per heavy atom. The minimum absolute atomic E-state index is 0.913. The van der Waals surface area contributed by atoms with E-state index < -0.39 is 0 Å². The van der Waals surface area contributed by atoms with Crippen molar-refractivity contribution in [3.8, 4) is 0 Å². The maximum atomic E-state index is 5.68. The molecule has 3 heteroatoms. The maximum absolute atomic E-state index is 5.68. The van der Waals surface area contributed by atoms with Crippen LogP contribution in [-0.4, -0.2) is 0 Å². The zero-order chi connectivity index (χ0) is 39.3. The molecule has 0 spiro atoms. The lowest BCUT2D eigenvalue weighted by Crippen LogP contribution is -2.03. The van der Waals surface area contributed by atoms with Gasteiger partial charge in [0.15, 0.2) is 0 Å². The third-order valence-corrected chi connectivity index (χ3v) is 12.5. The standard InChI is InChI=1S/C57H33N3/c1-4-21-39(22-5-1)58-55-46-32-37-19-12-10-17-35(37)30-44(46)50-52(55)49-43-29-28-34-16-14-15-27-42(34)48(43)57(60-41-25-8-3-9-26-41)54(49)51-45-31-36-18-11-13-20-38(36)33-47(45)56(53(50)51)59-40-23-6-2-7-24-40/h1-33H. The average Bonchev–Trinajstić information content (AvgIpc) is 3.90. The Balaban J connectivity index is 1.44. The second-order valence-corrected chi connectivity index (χ2v) is 15.8. The second-order valence-electron chi connectivity index (χ2n) is 15.8. The van der Waals surface area contributed by atoms with Crippen LogP contribution >= 0.6 is 0 Å². The summed E-state index contributed by atoms with van der Waals surface area (Å²) >= 11 is 0. The van der Waals surface area contributed by atoms with Gasteiger partial charge < -0.3 is 0 Å². The minimum atomic E-state index is 0.913. The summed E-state index contributed by atoms with van der Waals surface area (Å²) in [7, 11) is 0. The van der Waals surface area contributed by atoms with Gasteiger partial charge in [0.05, 0.1) is 33.1 Å². The number of rotatable bonds is 3. The van der Waals surface area contributed by atoms with Crippen molar-refractivity contribution < 1.29 is 0 Å². The third kappa shape index (κ3) is 4.81. The Hall–Kier alpha value is -8.01. The molecule has 0 aromatic heterocycles. The molecule has 0 bridgehead atoms. The Labute approximate surface area is 343 Å². The summed E-state index contributed by atoms with van der Waals surface area (Å²) in [5.74, 6) is 0. The van der Waals surface area contributed by atoms with Crippen LogP contribution in [0.1, 0.15) is 0 Å². The average molecular weight is 760 g/mol. The molecule has 0 aliphatic rings. The van der Waals surface area contributed by atoms with Crippen molar-refractivity contribution in [3.63, 3.8) is 0 Å². The van der Waals surface area contributed by atoms with Gasteiger partial charge in [-0.3, -0.25) is 0 Å². The van der Waals surface area contributed by atoms with Crippen LogP contribution in [-0.2, 0) is 0 Å². The molecule has 0 amide bonds. The molecule has 0 unspecified atom stereocenters. The fraction of sp³-hybridized carbons (Fsp3) is 0. The number of hydrogen-bond donors (Lipinski definition) is 0. The summed E-state index contributed by atoms with van der Waals surface area (Å²) in [6.07, 6.45) is 0. The molecule has 0 heterocycles. The van der Waals surface area contributed by atoms with E-state index in [4.69, 9.17) is 15.0 Å². The molecular weight excluding hydrogens is 727 g/mol. The molecule has 13 aromatic rings. The first-order chi connectivity index (χ1) is 29.8. The van der Waals surface area contributed by atoms with Crippen molar-refractivity contribution >= 4 is 114 Å². The number of para-hydroxylation sites is 3. The van der Waals surface area contributed by atoms with Crippen LogP contribution in [0.2, 0.25) is 0 Å². The Morgan fingerprint density at radius 2 is 0.550 bits per heavy atom. The molecule has 0 fully saturated rings. The first-order valence-corrected chi connectivity index (χ1v) is 20.5. The lowest BCUT2D eigenvalue weighted by Gasteiger charge is -2.05. The number of benzene rings is 10. The van der Waals surface area contributed by atoms with E-state index in [1.165, 1.54) is 64.6 Å². The monoisotopic (exact) mass is 759 g/mol. The normalized spacial score (nSPS) is 13.3. The number of hydrogen-bond acceptors (Lipinski definition) is 3. The van der Waals surface area contributed by atoms with Crippen molar-refractivity contribution in [1.82, 2.24) is 0 Å². The maximum Gasteiger partial charge on any atom is 0.0807 e. The van der Waals surface area contributed by atoms with Gasteiger partial charge in [0, 0.05) is 48.5 Å². The summed E-state index contributed by atoms with van der Waals surface area (Å²) in [5.41, 5.74) is 2.74. The van der Waals surface area contributed by atoms with Gasteiger partial charge in [0.25, 0.3) is 0 Å². The van der Waals surface area contributed by atoms with Gasteiger partial charge in [-0.05, 0) is 109 Å². The molecule has 0 aliphatic heterocycles. The minimum Gasteiger partial charge on any atom is -0.248 e. The molecule has 0 saturated carbocycles. The van der Waals surface area contributed by atoms with Crippen LogP contribution in [0.4, 0.5) is 17.1 Å². The van der Waals surface area contributed by atoms with Crippen molar-refractivity contribution in [3.05, 3.63) is 216 Å². The summed E-state index contributed by atoms with van der Waals surface area (Å²) < 4.78 is 0. The van der Waals surface area contributed by atoms with Crippen LogP contribution in [0.25, 0.3) is 97.0 Å². The summed E-state index contributed by atoms with van der Waals surface area (Å²) in [6, 6.07) is 71.4. The van der Waals surface area contributed by atoms with E-state index in [0.29, 0.717) is 0 Å². The molecule has 276 valence electrons. The summed E-state index contributed by atoms with van der Waals surface area (Å²) in [6.45, 7) is 0. The first-order valence-electron chi connectivity index (χ1n) is 20.5. The van der Waals surface area contributed by atoms with Crippen LogP contribution in [0.3, 0.4) is 0 Å². The lowest BCUT2D eigenvalue weighted by atomic mass is 9.98. The largest absolute Gasteiger partial charge is 0.248 e. The highest BCUT2D eigenvalue weighted by Gasteiger charge is 2.27. The topological polar surface area (TPSA) is 37.1 Å². The highest BCUT2D eigenvalue weighted by Crippen LogP contribution is 2.46. The summed E-state index contributed by atoms with van der Waals surface area (Å²) in [4.78, 5) is 17.0. The summed E-state index contributed by atoms with van der Waals surface area (Å²) in [5, 5.41) is 23.9. The number of nitrogens with zero attached hydrogens (tertiary/aromatic N) is 3. The molecular formula is C57H33N3. The van der Waals surface area contributed by atoms with E-state index in [1.807, 2.05) is 0 Å². The van der Waals surface area contributed by atoms with E-state index in [-0.39, 0.29) is 0 Å². The van der Waals surface area contributed by atoms with Crippen molar-refractivity contribution in [2.45, 2.75) is 0 Å². The molecule has 0 aliphatic carbocycles. The van der Waals surface area contributed by atoms with Gasteiger partial charge in [0.2, 0.25) is 0 Å². The molecule has 0 atom stereocenters. The van der Waals surface area contributed by atoms with E-state index in [0.717, 1.165) is 65.5 Å². The molecule has 0 saturated heterocycles.